The van der Waals surface area contributed by atoms with Crippen molar-refractivity contribution in [3.63, 3.8) is 0 Å². The molecule has 2 heterocycles. The second-order valence-electron chi connectivity index (χ2n) is 10.0. The summed E-state index contributed by atoms with van der Waals surface area (Å²) in [6.07, 6.45) is 2.21. The summed E-state index contributed by atoms with van der Waals surface area (Å²) in [4.78, 5) is 8.59. The number of hydrogen-bond donors (Lipinski definition) is 0. The molecule has 12 heteroatoms. The Morgan fingerprint density at radius 2 is 1.02 bits per heavy atom. The van der Waals surface area contributed by atoms with Crippen molar-refractivity contribution in [1.29, 1.82) is 0 Å². The summed E-state index contributed by atoms with van der Waals surface area (Å²) >= 11 is 0. The third-order valence-electron chi connectivity index (χ3n) is 6.46. The van der Waals surface area contributed by atoms with Gasteiger partial charge >= 0.3 is 12.4 Å². The number of ether oxygens (including phenoxy) is 2. The minimum absolute atomic E-state index is 0.267. The third kappa shape index (κ3) is 10.5. The Morgan fingerprint density at radius 1 is 0.636 bits per heavy atom. The molecule has 0 atom stereocenters. The maximum Gasteiger partial charge on any atom is 0.416 e. The standard InChI is InChI=1S/C32H30F6N2O4/c1-22(14-16-41-18-27-20-43-29(39-27)12-6-23-2-8-25(9-3-23)31(33,34)35)15-17-42-19-28-21-44-30(40-28)13-7-24-4-10-26(11-5-24)32(36,37)38/h2-13,20-22H,14-19H2,1H3/b12-6+,13-7+. The van der Waals surface area contributed by atoms with Gasteiger partial charge in [-0.3, -0.25) is 0 Å². The highest BCUT2D eigenvalue weighted by molar-refractivity contribution is 5.66. The van der Waals surface area contributed by atoms with Crippen molar-refractivity contribution < 1.29 is 44.7 Å². The lowest BCUT2D eigenvalue weighted by Crippen LogP contribution is -2.06. The largest absolute Gasteiger partial charge is 0.445 e. The predicted octanol–water partition coefficient (Wildman–Crippen LogP) is 9.19. The number of aromatic nitrogens is 2. The fourth-order valence-corrected chi connectivity index (χ4v) is 3.90. The summed E-state index contributed by atoms with van der Waals surface area (Å²) in [6, 6.07) is 9.58. The minimum Gasteiger partial charge on any atom is -0.445 e. The van der Waals surface area contributed by atoms with Gasteiger partial charge in [-0.05, 0) is 66.3 Å². The molecule has 44 heavy (non-hydrogen) atoms. The van der Waals surface area contributed by atoms with Crippen molar-refractivity contribution in [2.24, 2.45) is 5.92 Å². The van der Waals surface area contributed by atoms with Crippen LogP contribution in [-0.2, 0) is 35.0 Å². The van der Waals surface area contributed by atoms with E-state index < -0.39 is 23.5 Å². The van der Waals surface area contributed by atoms with E-state index in [1.807, 2.05) is 0 Å². The zero-order valence-corrected chi connectivity index (χ0v) is 23.7. The zero-order valence-electron chi connectivity index (χ0n) is 23.7. The molecule has 0 spiro atoms. The van der Waals surface area contributed by atoms with Crippen LogP contribution in [0.1, 0.15) is 65.2 Å². The summed E-state index contributed by atoms with van der Waals surface area (Å²) in [5.41, 5.74) is 0.974. The highest BCUT2D eigenvalue weighted by Crippen LogP contribution is 2.30. The first-order valence-electron chi connectivity index (χ1n) is 13.7. The molecule has 0 saturated carbocycles. The molecule has 0 unspecified atom stereocenters. The van der Waals surface area contributed by atoms with Gasteiger partial charge in [-0.1, -0.05) is 31.2 Å². The van der Waals surface area contributed by atoms with Gasteiger partial charge in [0.1, 0.15) is 23.9 Å². The molecule has 2 aromatic carbocycles. The molecule has 0 amide bonds. The highest BCUT2D eigenvalue weighted by atomic mass is 19.4. The molecule has 4 aromatic rings. The number of hydrogen-bond acceptors (Lipinski definition) is 6. The minimum atomic E-state index is -4.37. The molecule has 234 valence electrons. The van der Waals surface area contributed by atoms with Gasteiger partial charge in [0.25, 0.3) is 0 Å². The van der Waals surface area contributed by atoms with E-state index in [2.05, 4.69) is 16.9 Å². The normalized spacial score (nSPS) is 12.7. The van der Waals surface area contributed by atoms with Crippen LogP contribution in [0, 0.1) is 5.92 Å². The molecule has 4 rings (SSSR count). The molecular weight excluding hydrogens is 590 g/mol. The Hall–Kier alpha value is -4.16. The van der Waals surface area contributed by atoms with Gasteiger partial charge in [0.15, 0.2) is 0 Å². The molecule has 0 aliphatic rings. The second kappa shape index (κ2) is 15.0. The highest BCUT2D eigenvalue weighted by Gasteiger charge is 2.30. The molecule has 0 aliphatic carbocycles. The van der Waals surface area contributed by atoms with E-state index in [9.17, 15) is 26.3 Å². The van der Waals surface area contributed by atoms with Gasteiger partial charge in [-0.2, -0.15) is 26.3 Å². The summed E-state index contributed by atoms with van der Waals surface area (Å²) in [5, 5.41) is 0. The maximum atomic E-state index is 12.7. The van der Waals surface area contributed by atoms with Crippen LogP contribution >= 0.6 is 0 Å². The smallest absolute Gasteiger partial charge is 0.416 e. The Bertz CT molecular complexity index is 1390. The molecular formula is C32H30F6N2O4. The Kier molecular flexibility index (Phi) is 11.2. The molecule has 0 radical (unpaired) electrons. The number of alkyl halides is 6. The van der Waals surface area contributed by atoms with E-state index in [0.717, 1.165) is 37.1 Å². The maximum absolute atomic E-state index is 12.7. The van der Waals surface area contributed by atoms with Crippen molar-refractivity contribution in [2.45, 2.75) is 45.3 Å². The first kappa shape index (κ1) is 32.7. The topological polar surface area (TPSA) is 70.5 Å². The van der Waals surface area contributed by atoms with E-state index in [4.69, 9.17) is 18.3 Å². The molecule has 0 aliphatic heterocycles. The van der Waals surface area contributed by atoms with Gasteiger partial charge in [-0.25, -0.2) is 9.97 Å². The van der Waals surface area contributed by atoms with Crippen LogP contribution in [0.3, 0.4) is 0 Å². The van der Waals surface area contributed by atoms with Crippen LogP contribution in [0.25, 0.3) is 24.3 Å². The average Bonchev–Trinajstić information content (AvgIpc) is 3.64. The van der Waals surface area contributed by atoms with Gasteiger partial charge in [0, 0.05) is 25.4 Å². The number of nitrogens with zero attached hydrogens (tertiary/aromatic N) is 2. The number of oxazole rings is 2. The van der Waals surface area contributed by atoms with Crippen LogP contribution in [0.2, 0.25) is 0 Å². The SMILES string of the molecule is CC(CCOCc1coc(/C=C/c2ccc(C(F)(F)F)cc2)n1)CCOCc1coc(/C=C/c2ccc(C(F)(F)F)cc2)n1. The van der Waals surface area contributed by atoms with Gasteiger partial charge < -0.3 is 18.3 Å². The van der Waals surface area contributed by atoms with E-state index in [0.29, 0.717) is 53.4 Å². The first-order chi connectivity index (χ1) is 21.0. The van der Waals surface area contributed by atoms with Gasteiger partial charge in [0.05, 0.1) is 24.3 Å². The molecule has 6 nitrogen and oxygen atoms in total. The van der Waals surface area contributed by atoms with E-state index in [1.165, 1.54) is 36.8 Å². The van der Waals surface area contributed by atoms with Crippen LogP contribution < -0.4 is 0 Å². The van der Waals surface area contributed by atoms with Crippen molar-refractivity contribution in [2.75, 3.05) is 13.2 Å². The summed E-state index contributed by atoms with van der Waals surface area (Å²) in [5.74, 6) is 0.987. The van der Waals surface area contributed by atoms with Gasteiger partial charge in [0.2, 0.25) is 11.8 Å². The fourth-order valence-electron chi connectivity index (χ4n) is 3.90. The van der Waals surface area contributed by atoms with E-state index in [1.54, 1.807) is 24.3 Å². The lowest BCUT2D eigenvalue weighted by Gasteiger charge is -2.11. The van der Waals surface area contributed by atoms with Gasteiger partial charge in [-0.15, -0.1) is 0 Å². The summed E-state index contributed by atoms with van der Waals surface area (Å²) in [7, 11) is 0. The zero-order chi connectivity index (χ0) is 31.6. The molecule has 0 fully saturated rings. The van der Waals surface area contributed by atoms with Crippen molar-refractivity contribution >= 4 is 24.3 Å². The summed E-state index contributed by atoms with van der Waals surface area (Å²) in [6.45, 7) is 3.66. The number of halogens is 6. The fraction of sp³-hybridized carbons (Fsp3) is 0.312. The lowest BCUT2D eigenvalue weighted by atomic mass is 10.1. The number of benzene rings is 2. The van der Waals surface area contributed by atoms with Crippen LogP contribution in [0.5, 0.6) is 0 Å². The van der Waals surface area contributed by atoms with Crippen LogP contribution in [0.4, 0.5) is 26.3 Å². The second-order valence-corrected chi connectivity index (χ2v) is 10.0. The Labute approximate surface area is 250 Å². The van der Waals surface area contributed by atoms with Crippen LogP contribution in [0.15, 0.2) is 69.9 Å². The van der Waals surface area contributed by atoms with E-state index >= 15 is 0 Å². The number of rotatable bonds is 14. The molecule has 0 N–H and O–H groups in total. The van der Waals surface area contributed by atoms with Crippen molar-refractivity contribution in [1.82, 2.24) is 9.97 Å². The summed E-state index contributed by atoms with van der Waals surface area (Å²) < 4.78 is 98.2. The first-order valence-corrected chi connectivity index (χ1v) is 13.7. The average molecular weight is 621 g/mol. The monoisotopic (exact) mass is 620 g/mol. The quantitative estimate of drug-likeness (QED) is 0.103. The molecule has 0 bridgehead atoms. The van der Waals surface area contributed by atoms with Crippen molar-refractivity contribution in [3.8, 4) is 0 Å². The van der Waals surface area contributed by atoms with Crippen molar-refractivity contribution in [3.05, 3.63) is 106 Å². The lowest BCUT2D eigenvalue weighted by molar-refractivity contribution is -0.138. The molecule has 2 aromatic heterocycles. The third-order valence-corrected chi connectivity index (χ3v) is 6.46. The van der Waals surface area contributed by atoms with Crippen LogP contribution in [-0.4, -0.2) is 23.2 Å². The van der Waals surface area contributed by atoms with E-state index in [-0.39, 0.29) is 13.2 Å². The Balaban J connectivity index is 1.08. The predicted molar refractivity (Wildman–Crippen MR) is 151 cm³/mol. The Morgan fingerprint density at radius 3 is 1.39 bits per heavy atom. The molecule has 0 saturated heterocycles.